The Kier molecular flexibility index (Phi) is 4.37. The number of nitrogen functional groups attached to an aromatic ring is 1. The molecule has 0 radical (unpaired) electrons. The molecule has 3 aromatic rings. The summed E-state index contributed by atoms with van der Waals surface area (Å²) in [6, 6.07) is 13.0. The average molecular weight is 361 g/mol. The molecule has 0 amide bonds. The summed E-state index contributed by atoms with van der Waals surface area (Å²) in [6.07, 6.45) is 2.72. The van der Waals surface area contributed by atoms with Gasteiger partial charge in [0.25, 0.3) is 10.0 Å². The van der Waals surface area contributed by atoms with Crippen molar-refractivity contribution in [3.8, 4) is 11.1 Å². The molecule has 6 nitrogen and oxygen atoms in total. The number of hydrogen-bond acceptors (Lipinski definition) is 5. The molecule has 0 bridgehead atoms. The number of benzene rings is 2. The summed E-state index contributed by atoms with van der Waals surface area (Å²) in [5.74, 6) is 0.204. The molecule has 1 aromatic heterocycles. The van der Waals surface area contributed by atoms with E-state index in [2.05, 4.69) is 14.7 Å². The van der Waals surface area contributed by atoms with Gasteiger partial charge >= 0.3 is 0 Å². The number of nitrogens with zero attached hydrogens (tertiary/aromatic N) is 2. The lowest BCUT2D eigenvalue weighted by Gasteiger charge is -2.09. The number of sulfonamides is 1. The molecule has 3 rings (SSSR count). The minimum Gasteiger partial charge on any atom is -0.399 e. The molecule has 1 heterocycles. The van der Waals surface area contributed by atoms with Crippen molar-refractivity contribution in [2.24, 2.45) is 0 Å². The lowest BCUT2D eigenvalue weighted by atomic mass is 10.1. The van der Waals surface area contributed by atoms with Gasteiger partial charge in [-0.05, 0) is 35.9 Å². The first-order chi connectivity index (χ1) is 11.5. The first-order valence-electron chi connectivity index (χ1n) is 6.90. The van der Waals surface area contributed by atoms with Gasteiger partial charge in [0.1, 0.15) is 12.1 Å². The summed E-state index contributed by atoms with van der Waals surface area (Å²) in [5, 5.41) is 0.504. The smallest absolute Gasteiger partial charge is 0.263 e. The highest BCUT2D eigenvalue weighted by Crippen LogP contribution is 2.30. The van der Waals surface area contributed by atoms with Gasteiger partial charge in [0.15, 0.2) is 0 Å². The highest BCUT2D eigenvalue weighted by Gasteiger charge is 2.15. The Morgan fingerprint density at radius 2 is 1.79 bits per heavy atom. The standard InChI is InChI=1S/C16H13ClN4O2S/c17-15-9-12(18)3-6-14(15)11-1-4-13(5-2-11)24(22,23)21-16-7-8-19-10-20-16/h1-10H,18H2,(H,19,20,21). The van der Waals surface area contributed by atoms with Gasteiger partial charge in [-0.25, -0.2) is 18.4 Å². The fourth-order valence-electron chi connectivity index (χ4n) is 2.13. The zero-order chi connectivity index (χ0) is 17.2. The number of aromatic nitrogens is 2. The third-order valence-corrected chi connectivity index (χ3v) is 4.97. The van der Waals surface area contributed by atoms with Crippen LogP contribution >= 0.6 is 11.6 Å². The Bertz CT molecular complexity index is 961. The van der Waals surface area contributed by atoms with Crippen LogP contribution in [0.5, 0.6) is 0 Å². The number of nitrogens with one attached hydrogen (secondary N) is 1. The molecular formula is C16H13ClN4O2S. The fraction of sp³-hybridized carbons (Fsp3) is 0. The zero-order valence-corrected chi connectivity index (χ0v) is 13.9. The number of nitrogens with two attached hydrogens (primary N) is 1. The summed E-state index contributed by atoms with van der Waals surface area (Å²) >= 11 is 6.18. The van der Waals surface area contributed by atoms with E-state index in [-0.39, 0.29) is 10.7 Å². The van der Waals surface area contributed by atoms with Gasteiger partial charge in [-0.2, -0.15) is 0 Å². The van der Waals surface area contributed by atoms with Crippen LogP contribution in [0.25, 0.3) is 11.1 Å². The summed E-state index contributed by atoms with van der Waals surface area (Å²) in [5.41, 5.74) is 7.81. The van der Waals surface area contributed by atoms with E-state index in [4.69, 9.17) is 17.3 Å². The van der Waals surface area contributed by atoms with Crippen molar-refractivity contribution >= 4 is 33.1 Å². The van der Waals surface area contributed by atoms with Crippen molar-refractivity contribution in [2.45, 2.75) is 4.90 Å². The molecule has 0 saturated heterocycles. The van der Waals surface area contributed by atoms with E-state index in [1.807, 2.05) is 0 Å². The molecule has 3 N–H and O–H groups in total. The molecule has 0 aliphatic carbocycles. The van der Waals surface area contributed by atoms with E-state index in [1.165, 1.54) is 30.7 Å². The number of halogens is 1. The fourth-order valence-corrected chi connectivity index (χ4v) is 3.43. The van der Waals surface area contributed by atoms with E-state index in [0.29, 0.717) is 10.7 Å². The van der Waals surface area contributed by atoms with Crippen LogP contribution in [0.15, 0.2) is 66.0 Å². The van der Waals surface area contributed by atoms with Crippen LogP contribution < -0.4 is 10.5 Å². The normalized spacial score (nSPS) is 11.2. The Labute approximate surface area is 144 Å². The molecule has 0 aliphatic rings. The maximum absolute atomic E-state index is 12.3. The predicted molar refractivity (Wildman–Crippen MR) is 94.1 cm³/mol. The van der Waals surface area contributed by atoms with Crippen molar-refractivity contribution in [1.29, 1.82) is 0 Å². The Hall–Kier alpha value is -2.64. The van der Waals surface area contributed by atoms with Crippen molar-refractivity contribution in [3.63, 3.8) is 0 Å². The molecule has 122 valence electrons. The second kappa shape index (κ2) is 6.46. The third-order valence-electron chi connectivity index (χ3n) is 3.29. The molecule has 0 fully saturated rings. The minimum absolute atomic E-state index is 0.122. The number of rotatable bonds is 4. The van der Waals surface area contributed by atoms with E-state index in [0.717, 1.165) is 11.1 Å². The molecular weight excluding hydrogens is 348 g/mol. The summed E-state index contributed by atoms with van der Waals surface area (Å²) in [4.78, 5) is 7.71. The van der Waals surface area contributed by atoms with Crippen LogP contribution in [0.2, 0.25) is 5.02 Å². The SMILES string of the molecule is Nc1ccc(-c2ccc(S(=O)(=O)Nc3ccncn3)cc2)c(Cl)c1. The van der Waals surface area contributed by atoms with Crippen LogP contribution in [-0.4, -0.2) is 18.4 Å². The van der Waals surface area contributed by atoms with Crippen molar-refractivity contribution in [3.05, 3.63) is 66.1 Å². The second-order valence-corrected chi connectivity index (χ2v) is 7.05. The largest absolute Gasteiger partial charge is 0.399 e. The maximum Gasteiger partial charge on any atom is 0.263 e. The van der Waals surface area contributed by atoms with Crippen molar-refractivity contribution < 1.29 is 8.42 Å². The topological polar surface area (TPSA) is 98.0 Å². The van der Waals surface area contributed by atoms with Gasteiger partial charge < -0.3 is 5.73 Å². The molecule has 0 spiro atoms. The minimum atomic E-state index is -3.72. The Morgan fingerprint density at radius 3 is 2.42 bits per heavy atom. The van der Waals surface area contributed by atoms with Crippen LogP contribution in [0, 0.1) is 0 Å². The van der Waals surface area contributed by atoms with E-state index >= 15 is 0 Å². The number of anilines is 2. The monoisotopic (exact) mass is 360 g/mol. The predicted octanol–water partition coefficient (Wildman–Crippen LogP) is 3.18. The number of hydrogen-bond donors (Lipinski definition) is 2. The van der Waals surface area contributed by atoms with E-state index in [1.54, 1.807) is 30.3 Å². The van der Waals surface area contributed by atoms with Crippen molar-refractivity contribution in [2.75, 3.05) is 10.5 Å². The molecule has 0 aliphatic heterocycles. The van der Waals surface area contributed by atoms with Gasteiger partial charge in [0.05, 0.1) is 9.92 Å². The summed E-state index contributed by atoms with van der Waals surface area (Å²) in [7, 11) is -3.72. The van der Waals surface area contributed by atoms with Crippen LogP contribution in [0.1, 0.15) is 0 Å². The molecule has 8 heteroatoms. The molecule has 2 aromatic carbocycles. The van der Waals surface area contributed by atoms with Crippen LogP contribution in [-0.2, 0) is 10.0 Å². The van der Waals surface area contributed by atoms with Gasteiger partial charge in [-0.3, -0.25) is 4.72 Å². The van der Waals surface area contributed by atoms with E-state index < -0.39 is 10.0 Å². The molecule has 0 unspecified atom stereocenters. The van der Waals surface area contributed by atoms with Gasteiger partial charge in [0.2, 0.25) is 0 Å². The highest BCUT2D eigenvalue weighted by atomic mass is 35.5. The second-order valence-electron chi connectivity index (χ2n) is 4.96. The Morgan fingerprint density at radius 1 is 1.04 bits per heavy atom. The first-order valence-corrected chi connectivity index (χ1v) is 8.76. The highest BCUT2D eigenvalue weighted by molar-refractivity contribution is 7.92. The van der Waals surface area contributed by atoms with Gasteiger partial charge in [0, 0.05) is 17.4 Å². The summed E-state index contributed by atoms with van der Waals surface area (Å²) < 4.78 is 27.1. The molecule has 24 heavy (non-hydrogen) atoms. The van der Waals surface area contributed by atoms with E-state index in [9.17, 15) is 8.42 Å². The maximum atomic E-state index is 12.3. The van der Waals surface area contributed by atoms with Crippen LogP contribution in [0.4, 0.5) is 11.5 Å². The first kappa shape index (κ1) is 16.2. The van der Waals surface area contributed by atoms with Crippen molar-refractivity contribution in [1.82, 2.24) is 9.97 Å². The van der Waals surface area contributed by atoms with Gasteiger partial charge in [-0.15, -0.1) is 0 Å². The lowest BCUT2D eigenvalue weighted by Crippen LogP contribution is -2.13. The quantitative estimate of drug-likeness (QED) is 0.696. The zero-order valence-electron chi connectivity index (χ0n) is 12.3. The van der Waals surface area contributed by atoms with Gasteiger partial charge in [-0.1, -0.05) is 29.8 Å². The average Bonchev–Trinajstić information content (AvgIpc) is 2.55. The summed E-state index contributed by atoms with van der Waals surface area (Å²) in [6.45, 7) is 0. The lowest BCUT2D eigenvalue weighted by molar-refractivity contribution is 0.601. The molecule has 0 saturated carbocycles. The van der Waals surface area contributed by atoms with Crippen LogP contribution in [0.3, 0.4) is 0 Å². The Balaban J connectivity index is 1.89. The third kappa shape index (κ3) is 3.47. The molecule has 0 atom stereocenters.